The van der Waals surface area contributed by atoms with Gasteiger partial charge in [0.1, 0.15) is 5.84 Å². The summed E-state index contributed by atoms with van der Waals surface area (Å²) in [7, 11) is 0. The Balaban J connectivity index is 1.88. The van der Waals surface area contributed by atoms with Gasteiger partial charge in [0, 0.05) is 23.0 Å². The van der Waals surface area contributed by atoms with Crippen LogP contribution >= 0.6 is 22.9 Å². The molecule has 3 N–H and O–H groups in total. The SMILES string of the molecule is Cc1ncc(C(C=N)C(N)=NC(C)c2cc3cccc(Cl)c3c(=O)n2-c2ccccc2)s1. The van der Waals surface area contributed by atoms with Crippen LogP contribution in [0.1, 0.15) is 34.5 Å². The summed E-state index contributed by atoms with van der Waals surface area (Å²) in [5.74, 6) is -0.162. The van der Waals surface area contributed by atoms with Gasteiger partial charge in [-0.15, -0.1) is 11.3 Å². The van der Waals surface area contributed by atoms with Crippen LogP contribution in [-0.4, -0.2) is 21.6 Å². The zero-order valence-electron chi connectivity index (χ0n) is 17.6. The normalized spacial score (nSPS) is 13.8. The summed E-state index contributed by atoms with van der Waals surface area (Å²) in [5, 5.41) is 10.4. The second-order valence-corrected chi connectivity index (χ2v) is 9.08. The predicted molar refractivity (Wildman–Crippen MR) is 133 cm³/mol. The number of aryl methyl sites for hydroxylation is 1. The fraction of sp³-hybridized carbons (Fsp3) is 0.167. The van der Waals surface area contributed by atoms with Crippen LogP contribution in [0.2, 0.25) is 5.02 Å². The maximum absolute atomic E-state index is 13.5. The lowest BCUT2D eigenvalue weighted by Gasteiger charge is -2.19. The lowest BCUT2D eigenvalue weighted by Crippen LogP contribution is -2.26. The molecule has 2 aromatic heterocycles. The average molecular weight is 464 g/mol. The lowest BCUT2D eigenvalue weighted by atomic mass is 10.1. The molecule has 0 saturated heterocycles. The summed E-state index contributed by atoms with van der Waals surface area (Å²) in [6.07, 6.45) is 2.99. The first-order valence-corrected chi connectivity index (χ1v) is 11.3. The maximum atomic E-state index is 13.5. The van der Waals surface area contributed by atoms with E-state index in [1.807, 2.05) is 62.4 Å². The van der Waals surface area contributed by atoms with E-state index in [-0.39, 0.29) is 5.56 Å². The minimum atomic E-state index is -0.463. The molecule has 2 unspecified atom stereocenters. The minimum absolute atomic E-state index is 0.211. The number of pyridine rings is 1. The van der Waals surface area contributed by atoms with Crippen LogP contribution in [0.3, 0.4) is 0 Å². The second kappa shape index (κ2) is 9.06. The van der Waals surface area contributed by atoms with Crippen LogP contribution in [0.15, 0.2) is 70.6 Å². The highest BCUT2D eigenvalue weighted by Crippen LogP contribution is 2.28. The number of amidine groups is 1. The average Bonchev–Trinajstić information content (AvgIpc) is 3.20. The first-order chi connectivity index (χ1) is 15.4. The Kier molecular flexibility index (Phi) is 6.21. The van der Waals surface area contributed by atoms with E-state index in [0.29, 0.717) is 21.9 Å². The number of nitrogens with zero attached hydrogens (tertiary/aromatic N) is 3. The number of nitrogens with one attached hydrogen (secondary N) is 1. The van der Waals surface area contributed by atoms with Crippen molar-refractivity contribution in [3.05, 3.63) is 91.7 Å². The van der Waals surface area contributed by atoms with Gasteiger partial charge in [-0.05, 0) is 43.5 Å². The Bertz CT molecular complexity index is 1380. The summed E-state index contributed by atoms with van der Waals surface area (Å²) in [6, 6.07) is 16.3. The standard InChI is InChI=1S/C24H22ClN5OS/c1-14(29-23(27)18(12-26)21-13-28-15(2)32-21)20-11-16-7-6-10-19(25)22(16)24(31)30(20)17-8-4-3-5-9-17/h3-14,18,26H,1-2H3,(H2,27,29). The molecule has 0 fully saturated rings. The van der Waals surface area contributed by atoms with Crippen LogP contribution in [-0.2, 0) is 0 Å². The van der Waals surface area contributed by atoms with E-state index in [9.17, 15) is 4.79 Å². The Morgan fingerprint density at radius 1 is 1.25 bits per heavy atom. The van der Waals surface area contributed by atoms with Crippen molar-refractivity contribution in [2.45, 2.75) is 25.8 Å². The minimum Gasteiger partial charge on any atom is -0.387 e. The topological polar surface area (TPSA) is 97.1 Å². The number of rotatable bonds is 6. The summed E-state index contributed by atoms with van der Waals surface area (Å²) in [5.41, 5.74) is 7.53. The molecule has 4 aromatic rings. The zero-order chi connectivity index (χ0) is 22.8. The van der Waals surface area contributed by atoms with Gasteiger partial charge in [0.25, 0.3) is 5.56 Å². The van der Waals surface area contributed by atoms with Crippen molar-refractivity contribution in [2.24, 2.45) is 10.7 Å². The van der Waals surface area contributed by atoms with Gasteiger partial charge in [-0.2, -0.15) is 0 Å². The molecule has 8 heteroatoms. The van der Waals surface area contributed by atoms with Gasteiger partial charge in [-0.1, -0.05) is 41.9 Å². The van der Waals surface area contributed by atoms with Gasteiger partial charge in [0.05, 0.1) is 33.1 Å². The van der Waals surface area contributed by atoms with E-state index in [4.69, 9.17) is 22.7 Å². The van der Waals surface area contributed by atoms with E-state index in [2.05, 4.69) is 9.98 Å². The van der Waals surface area contributed by atoms with Crippen molar-refractivity contribution < 1.29 is 0 Å². The highest BCUT2D eigenvalue weighted by atomic mass is 35.5. The molecule has 4 rings (SSSR count). The molecule has 0 radical (unpaired) electrons. The fourth-order valence-corrected chi connectivity index (χ4v) is 4.83. The number of hydrogen-bond donors (Lipinski definition) is 2. The number of fused-ring (bicyclic) bond motifs is 1. The van der Waals surface area contributed by atoms with E-state index >= 15 is 0 Å². The van der Waals surface area contributed by atoms with Crippen molar-refractivity contribution in [1.29, 1.82) is 5.41 Å². The van der Waals surface area contributed by atoms with Gasteiger partial charge in [-0.25, -0.2) is 4.98 Å². The number of benzene rings is 2. The molecule has 0 bridgehead atoms. The number of hydrogen-bond acceptors (Lipinski definition) is 5. The number of aliphatic imine (C=N–C) groups is 1. The molecule has 0 aliphatic heterocycles. The molecule has 0 amide bonds. The van der Waals surface area contributed by atoms with Crippen molar-refractivity contribution in [2.75, 3.05) is 0 Å². The third-order valence-corrected chi connectivity index (χ3v) is 6.55. The number of aromatic nitrogens is 2. The van der Waals surface area contributed by atoms with Gasteiger partial charge in [-0.3, -0.25) is 14.4 Å². The Hall–Kier alpha value is -3.29. The molecule has 32 heavy (non-hydrogen) atoms. The second-order valence-electron chi connectivity index (χ2n) is 7.41. The van der Waals surface area contributed by atoms with Crippen molar-refractivity contribution >= 4 is 45.8 Å². The summed E-state index contributed by atoms with van der Waals surface area (Å²) in [4.78, 5) is 23.3. The summed E-state index contributed by atoms with van der Waals surface area (Å²) in [6.45, 7) is 3.79. The van der Waals surface area contributed by atoms with E-state index in [1.54, 1.807) is 16.8 Å². The van der Waals surface area contributed by atoms with E-state index < -0.39 is 12.0 Å². The highest BCUT2D eigenvalue weighted by molar-refractivity contribution is 7.11. The molecular weight excluding hydrogens is 442 g/mol. The Labute approximate surface area is 194 Å². The van der Waals surface area contributed by atoms with Gasteiger partial charge in [0.15, 0.2) is 0 Å². The summed E-state index contributed by atoms with van der Waals surface area (Å²) >= 11 is 7.86. The predicted octanol–water partition coefficient (Wildman–Crippen LogP) is 5.26. The molecule has 0 spiro atoms. The largest absolute Gasteiger partial charge is 0.387 e. The zero-order valence-corrected chi connectivity index (χ0v) is 19.2. The van der Waals surface area contributed by atoms with Gasteiger partial charge >= 0.3 is 0 Å². The van der Waals surface area contributed by atoms with Crippen LogP contribution in [0.4, 0.5) is 0 Å². The fourth-order valence-electron chi connectivity index (χ4n) is 3.70. The molecule has 162 valence electrons. The highest BCUT2D eigenvalue weighted by Gasteiger charge is 2.20. The van der Waals surface area contributed by atoms with Gasteiger partial charge in [0.2, 0.25) is 0 Å². The number of para-hydroxylation sites is 1. The number of halogens is 1. The molecule has 6 nitrogen and oxygen atoms in total. The molecular formula is C24H22ClN5OS. The van der Waals surface area contributed by atoms with Crippen LogP contribution < -0.4 is 11.3 Å². The molecule has 2 aromatic carbocycles. The molecule has 2 heterocycles. The molecule has 2 atom stereocenters. The molecule has 0 aliphatic carbocycles. The van der Waals surface area contributed by atoms with Crippen molar-refractivity contribution in [1.82, 2.24) is 9.55 Å². The molecule has 0 saturated carbocycles. The quantitative estimate of drug-likeness (QED) is 0.301. The Morgan fingerprint density at radius 2 is 2.00 bits per heavy atom. The monoisotopic (exact) mass is 463 g/mol. The lowest BCUT2D eigenvalue weighted by molar-refractivity contribution is 0.732. The summed E-state index contributed by atoms with van der Waals surface area (Å²) < 4.78 is 1.63. The first kappa shape index (κ1) is 21.9. The van der Waals surface area contributed by atoms with Gasteiger partial charge < -0.3 is 11.1 Å². The van der Waals surface area contributed by atoms with Crippen LogP contribution in [0.5, 0.6) is 0 Å². The number of thiazole rings is 1. The van der Waals surface area contributed by atoms with E-state index in [0.717, 1.165) is 21.0 Å². The third kappa shape index (κ3) is 4.09. The smallest absolute Gasteiger partial charge is 0.264 e. The maximum Gasteiger partial charge on any atom is 0.264 e. The Morgan fingerprint density at radius 3 is 2.66 bits per heavy atom. The van der Waals surface area contributed by atoms with Crippen LogP contribution in [0, 0.1) is 12.3 Å². The van der Waals surface area contributed by atoms with Crippen LogP contribution in [0.25, 0.3) is 16.5 Å². The number of nitrogens with two attached hydrogens (primary N) is 1. The van der Waals surface area contributed by atoms with Crippen molar-refractivity contribution in [3.63, 3.8) is 0 Å². The van der Waals surface area contributed by atoms with Crippen molar-refractivity contribution in [3.8, 4) is 5.69 Å². The van der Waals surface area contributed by atoms with E-state index in [1.165, 1.54) is 17.6 Å². The third-order valence-electron chi connectivity index (χ3n) is 5.24. The molecule has 0 aliphatic rings. The first-order valence-electron chi connectivity index (χ1n) is 10.1.